The zero-order chi connectivity index (χ0) is 23.4. The predicted octanol–water partition coefficient (Wildman–Crippen LogP) is 3.65. The first-order chi connectivity index (χ1) is 15.0. The fourth-order valence-corrected chi connectivity index (χ4v) is 4.89. The first-order valence-electron chi connectivity index (χ1n) is 10.2. The summed E-state index contributed by atoms with van der Waals surface area (Å²) in [5, 5.41) is 2.81. The largest absolute Gasteiger partial charge is 0.484 e. The van der Waals surface area contributed by atoms with Crippen molar-refractivity contribution in [1.29, 1.82) is 0 Å². The van der Waals surface area contributed by atoms with Gasteiger partial charge in [-0.05, 0) is 49.6 Å². The van der Waals surface area contributed by atoms with Crippen molar-refractivity contribution >= 4 is 15.9 Å². The second-order valence-electron chi connectivity index (χ2n) is 7.76. The molecule has 1 aliphatic rings. The molecule has 32 heavy (non-hydrogen) atoms. The van der Waals surface area contributed by atoms with Crippen LogP contribution >= 0.6 is 0 Å². The molecule has 6 nitrogen and oxygen atoms in total. The lowest BCUT2D eigenvalue weighted by Crippen LogP contribution is -2.42. The third-order valence-electron chi connectivity index (χ3n) is 5.28. The summed E-state index contributed by atoms with van der Waals surface area (Å²) in [5.74, 6) is -0.372. The molecule has 0 aromatic heterocycles. The number of nitrogens with zero attached hydrogens (tertiary/aromatic N) is 1. The minimum absolute atomic E-state index is 0.0968. The van der Waals surface area contributed by atoms with E-state index in [1.165, 1.54) is 16.4 Å². The van der Waals surface area contributed by atoms with E-state index in [4.69, 9.17) is 0 Å². The fourth-order valence-electron chi connectivity index (χ4n) is 3.42. The number of benzene rings is 2. The maximum atomic E-state index is 12.8. The van der Waals surface area contributed by atoms with E-state index in [2.05, 4.69) is 10.1 Å². The van der Waals surface area contributed by atoms with Gasteiger partial charge in [-0.1, -0.05) is 29.8 Å². The van der Waals surface area contributed by atoms with Crippen LogP contribution in [0.2, 0.25) is 0 Å². The highest BCUT2D eigenvalue weighted by atomic mass is 32.2. The topological polar surface area (TPSA) is 75.7 Å². The molecule has 10 heteroatoms. The number of halogens is 3. The number of aryl methyl sites for hydroxylation is 1. The van der Waals surface area contributed by atoms with E-state index in [9.17, 15) is 26.4 Å². The molecule has 1 amide bonds. The van der Waals surface area contributed by atoms with E-state index in [0.29, 0.717) is 12.8 Å². The van der Waals surface area contributed by atoms with E-state index in [-0.39, 0.29) is 42.1 Å². The summed E-state index contributed by atoms with van der Waals surface area (Å²) in [6, 6.07) is 12.7. The Morgan fingerprint density at radius 1 is 1.06 bits per heavy atom. The molecule has 0 bridgehead atoms. The average molecular weight is 471 g/mol. The highest BCUT2D eigenvalue weighted by Crippen LogP contribution is 2.24. The Hall–Kier alpha value is -2.59. The number of ether oxygens (including phenoxy) is 1. The molecular formula is C22H25F3N2O4S. The SMILES string of the molecule is Cc1ccc(S(=O)(=O)N2CCC(C(=O)NCc3ccc(OCC(F)(F)F)cc3)CC2)cc1. The molecule has 0 saturated carbocycles. The Morgan fingerprint density at radius 3 is 2.22 bits per heavy atom. The van der Waals surface area contributed by atoms with Crippen LogP contribution in [0.3, 0.4) is 0 Å². The number of carbonyl (C=O) groups excluding carboxylic acids is 1. The molecule has 2 aromatic carbocycles. The Balaban J connectivity index is 1.47. The van der Waals surface area contributed by atoms with Crippen LogP contribution in [0.15, 0.2) is 53.4 Å². The molecule has 1 saturated heterocycles. The van der Waals surface area contributed by atoms with Crippen LogP contribution in [0.1, 0.15) is 24.0 Å². The summed E-state index contributed by atoms with van der Waals surface area (Å²) in [4.78, 5) is 12.7. The minimum atomic E-state index is -4.40. The number of carbonyl (C=O) groups is 1. The first kappa shape index (κ1) is 24.1. The number of sulfonamides is 1. The van der Waals surface area contributed by atoms with E-state index in [1.807, 2.05) is 6.92 Å². The standard InChI is InChI=1S/C22H25F3N2O4S/c1-16-2-8-20(9-3-16)32(29,30)27-12-10-18(11-13-27)21(28)26-14-17-4-6-19(7-5-17)31-15-22(23,24)25/h2-9,18H,10-15H2,1H3,(H,26,28). The van der Waals surface area contributed by atoms with Crippen molar-refractivity contribution in [2.45, 2.75) is 37.4 Å². The van der Waals surface area contributed by atoms with Crippen LogP contribution in [0.4, 0.5) is 13.2 Å². The van der Waals surface area contributed by atoms with Gasteiger partial charge in [-0.3, -0.25) is 4.79 Å². The van der Waals surface area contributed by atoms with E-state index < -0.39 is 22.8 Å². The van der Waals surface area contributed by atoms with Gasteiger partial charge in [0.2, 0.25) is 15.9 Å². The van der Waals surface area contributed by atoms with Gasteiger partial charge < -0.3 is 10.1 Å². The van der Waals surface area contributed by atoms with E-state index >= 15 is 0 Å². The molecule has 1 aliphatic heterocycles. The molecule has 0 aliphatic carbocycles. The van der Waals surface area contributed by atoms with Gasteiger partial charge in [0.25, 0.3) is 0 Å². The number of alkyl halides is 3. The molecule has 0 unspecified atom stereocenters. The number of rotatable bonds is 7. The smallest absolute Gasteiger partial charge is 0.422 e. The molecule has 1 N–H and O–H groups in total. The quantitative estimate of drug-likeness (QED) is 0.670. The molecular weight excluding hydrogens is 445 g/mol. The summed E-state index contributed by atoms with van der Waals surface area (Å²) in [5.41, 5.74) is 1.69. The molecule has 1 heterocycles. The zero-order valence-electron chi connectivity index (χ0n) is 17.6. The Kier molecular flexibility index (Phi) is 7.45. The maximum Gasteiger partial charge on any atom is 0.422 e. The van der Waals surface area contributed by atoms with Gasteiger partial charge in [-0.25, -0.2) is 8.42 Å². The van der Waals surface area contributed by atoms with Crippen molar-refractivity contribution in [3.05, 3.63) is 59.7 Å². The third-order valence-corrected chi connectivity index (χ3v) is 7.19. The van der Waals surface area contributed by atoms with Gasteiger partial charge in [0.1, 0.15) is 5.75 Å². The Morgan fingerprint density at radius 2 is 1.66 bits per heavy atom. The number of hydrogen-bond donors (Lipinski definition) is 1. The second-order valence-corrected chi connectivity index (χ2v) is 9.69. The first-order valence-corrected chi connectivity index (χ1v) is 11.6. The molecule has 0 radical (unpaired) electrons. The summed E-state index contributed by atoms with van der Waals surface area (Å²) in [6.45, 7) is 1.28. The summed E-state index contributed by atoms with van der Waals surface area (Å²) in [7, 11) is -3.58. The maximum absolute atomic E-state index is 12.8. The number of amides is 1. The molecule has 174 valence electrons. The summed E-state index contributed by atoms with van der Waals surface area (Å²) >= 11 is 0. The van der Waals surface area contributed by atoms with Gasteiger partial charge in [-0.2, -0.15) is 17.5 Å². The molecule has 0 atom stereocenters. The molecule has 0 spiro atoms. The monoisotopic (exact) mass is 470 g/mol. The van der Waals surface area contributed by atoms with E-state index in [1.54, 1.807) is 36.4 Å². The van der Waals surface area contributed by atoms with Crippen molar-refractivity contribution in [3.8, 4) is 5.75 Å². The lowest BCUT2D eigenvalue weighted by atomic mass is 9.97. The van der Waals surface area contributed by atoms with Gasteiger partial charge in [0, 0.05) is 25.6 Å². The van der Waals surface area contributed by atoms with Crippen LogP contribution < -0.4 is 10.1 Å². The van der Waals surface area contributed by atoms with Crippen molar-refractivity contribution < 1.29 is 31.1 Å². The van der Waals surface area contributed by atoms with Crippen molar-refractivity contribution in [1.82, 2.24) is 9.62 Å². The van der Waals surface area contributed by atoms with Crippen LogP contribution in [0.25, 0.3) is 0 Å². The van der Waals surface area contributed by atoms with Crippen molar-refractivity contribution in [2.24, 2.45) is 5.92 Å². The lowest BCUT2D eigenvalue weighted by molar-refractivity contribution is -0.153. The van der Waals surface area contributed by atoms with Crippen LogP contribution in [-0.2, 0) is 21.4 Å². The van der Waals surface area contributed by atoms with E-state index in [0.717, 1.165) is 11.1 Å². The highest BCUT2D eigenvalue weighted by molar-refractivity contribution is 7.89. The zero-order valence-corrected chi connectivity index (χ0v) is 18.4. The van der Waals surface area contributed by atoms with Gasteiger partial charge >= 0.3 is 6.18 Å². The second kappa shape index (κ2) is 9.91. The minimum Gasteiger partial charge on any atom is -0.484 e. The highest BCUT2D eigenvalue weighted by Gasteiger charge is 2.32. The molecule has 1 fully saturated rings. The number of piperidine rings is 1. The molecule has 2 aromatic rings. The van der Waals surface area contributed by atoms with Crippen molar-refractivity contribution in [3.63, 3.8) is 0 Å². The summed E-state index contributed by atoms with van der Waals surface area (Å²) < 4.78 is 68.2. The van der Waals surface area contributed by atoms with Crippen molar-refractivity contribution in [2.75, 3.05) is 19.7 Å². The fraction of sp³-hybridized carbons (Fsp3) is 0.409. The van der Waals surface area contributed by atoms with Crippen LogP contribution in [0.5, 0.6) is 5.75 Å². The normalized spacial score (nSPS) is 16.0. The van der Waals surface area contributed by atoms with Gasteiger partial charge in [0.05, 0.1) is 4.90 Å². The molecule has 3 rings (SSSR count). The Bertz CT molecular complexity index is 1010. The van der Waals surface area contributed by atoms with Gasteiger partial charge in [-0.15, -0.1) is 0 Å². The van der Waals surface area contributed by atoms with Crippen LogP contribution in [-0.4, -0.2) is 44.5 Å². The van der Waals surface area contributed by atoms with Crippen LogP contribution in [0, 0.1) is 12.8 Å². The van der Waals surface area contributed by atoms with Gasteiger partial charge in [0.15, 0.2) is 6.61 Å². The summed E-state index contributed by atoms with van der Waals surface area (Å²) in [6.07, 6.45) is -3.57. The lowest BCUT2D eigenvalue weighted by Gasteiger charge is -2.30. The average Bonchev–Trinajstić information content (AvgIpc) is 2.76. The number of nitrogens with one attached hydrogen (secondary N) is 1. The predicted molar refractivity (Wildman–Crippen MR) is 113 cm³/mol. The third kappa shape index (κ3) is 6.46. The number of hydrogen-bond acceptors (Lipinski definition) is 4. The Labute approximate surface area is 185 Å².